The zero-order chi connectivity index (χ0) is 8.97. The molecule has 1 rings (SSSR count). The van der Waals surface area contributed by atoms with Crippen LogP contribution in [0.2, 0.25) is 0 Å². The Morgan fingerprint density at radius 2 is 2.08 bits per heavy atom. The number of carbonyl (C=O) groups excluding carboxylic acids is 1. The molecule has 1 aliphatic rings. The predicted molar refractivity (Wildman–Crippen MR) is 47.6 cm³/mol. The van der Waals surface area contributed by atoms with E-state index < -0.39 is 6.03 Å². The number of primary amides is 1. The van der Waals surface area contributed by atoms with Crippen molar-refractivity contribution < 1.29 is 4.79 Å². The Labute approximate surface area is 70.8 Å². The fraction of sp³-hybridized carbons (Fsp3) is 0.250. The third-order valence-corrected chi connectivity index (χ3v) is 1.57. The van der Waals surface area contributed by atoms with Crippen LogP contribution in [0.5, 0.6) is 0 Å². The highest BCUT2D eigenvalue weighted by atomic mass is 16.2. The van der Waals surface area contributed by atoms with E-state index in [9.17, 15) is 4.79 Å². The molecule has 12 heavy (non-hydrogen) atoms. The van der Waals surface area contributed by atoms with Crippen molar-refractivity contribution in [2.24, 2.45) is 16.8 Å². The van der Waals surface area contributed by atoms with Crippen LogP contribution in [0, 0.1) is 5.92 Å². The van der Waals surface area contributed by atoms with Crippen molar-refractivity contribution in [2.75, 3.05) is 0 Å². The number of hydrogen-bond acceptors (Lipinski definition) is 2. The van der Waals surface area contributed by atoms with Crippen LogP contribution >= 0.6 is 0 Å². The van der Waals surface area contributed by atoms with E-state index in [0.29, 0.717) is 0 Å². The summed E-state index contributed by atoms with van der Waals surface area (Å²) in [5.74, 6) is 0.192. The minimum atomic E-state index is -0.639. The number of nitrogens with two attached hydrogens (primary N) is 1. The molecular formula is C8H11N3O. The molecule has 4 nitrogen and oxygen atoms in total. The van der Waals surface area contributed by atoms with Gasteiger partial charge in [-0.25, -0.2) is 10.2 Å². The van der Waals surface area contributed by atoms with Crippen molar-refractivity contribution >= 4 is 11.7 Å². The van der Waals surface area contributed by atoms with Gasteiger partial charge in [0.2, 0.25) is 0 Å². The fourth-order valence-corrected chi connectivity index (χ4v) is 0.928. The molecule has 64 valence electrons. The average molecular weight is 165 g/mol. The molecule has 2 amide bonds. The van der Waals surface area contributed by atoms with Gasteiger partial charge in [0.25, 0.3) is 0 Å². The highest BCUT2D eigenvalue weighted by molar-refractivity contribution is 5.89. The van der Waals surface area contributed by atoms with Crippen molar-refractivity contribution in [3.8, 4) is 0 Å². The van der Waals surface area contributed by atoms with Gasteiger partial charge in [0, 0.05) is 11.6 Å². The quantitative estimate of drug-likeness (QED) is 0.460. The lowest BCUT2D eigenvalue weighted by Gasteiger charge is -2.03. The van der Waals surface area contributed by atoms with Gasteiger partial charge >= 0.3 is 6.03 Å². The van der Waals surface area contributed by atoms with Gasteiger partial charge in [-0.3, -0.25) is 0 Å². The summed E-state index contributed by atoms with van der Waals surface area (Å²) >= 11 is 0. The molecule has 0 spiro atoms. The predicted octanol–water partition coefficient (Wildman–Crippen LogP) is 0.773. The van der Waals surface area contributed by atoms with Gasteiger partial charge < -0.3 is 5.73 Å². The number of urea groups is 1. The summed E-state index contributed by atoms with van der Waals surface area (Å²) in [7, 11) is 0. The van der Waals surface area contributed by atoms with Crippen LogP contribution in [0.1, 0.15) is 6.92 Å². The van der Waals surface area contributed by atoms with Crippen LogP contribution in [0.15, 0.2) is 29.4 Å². The topological polar surface area (TPSA) is 67.5 Å². The molecule has 4 heteroatoms. The number of carbonyl (C=O) groups is 1. The molecule has 0 aromatic heterocycles. The summed E-state index contributed by atoms with van der Waals surface area (Å²) in [6.45, 7) is 1.83. The first-order chi connectivity index (χ1) is 5.70. The van der Waals surface area contributed by atoms with Crippen molar-refractivity contribution in [2.45, 2.75) is 6.92 Å². The first-order valence-corrected chi connectivity index (χ1v) is 3.65. The van der Waals surface area contributed by atoms with E-state index in [-0.39, 0.29) is 5.92 Å². The molecule has 3 N–H and O–H groups in total. The maximum Gasteiger partial charge on any atom is 0.332 e. The van der Waals surface area contributed by atoms with Crippen LogP contribution in [0.3, 0.4) is 0 Å². The van der Waals surface area contributed by atoms with Crippen molar-refractivity contribution in [3.05, 3.63) is 24.3 Å². The molecule has 0 aliphatic heterocycles. The summed E-state index contributed by atoms with van der Waals surface area (Å²) in [5.41, 5.74) is 7.85. The molecule has 0 unspecified atom stereocenters. The molecule has 0 aromatic carbocycles. The number of allylic oxidation sites excluding steroid dienone is 4. The molecule has 0 fully saturated rings. The van der Waals surface area contributed by atoms with Crippen molar-refractivity contribution in [1.82, 2.24) is 5.43 Å². The van der Waals surface area contributed by atoms with Gasteiger partial charge in [0.1, 0.15) is 0 Å². The van der Waals surface area contributed by atoms with Gasteiger partial charge in [-0.1, -0.05) is 24.3 Å². The first-order valence-electron chi connectivity index (χ1n) is 3.65. The Morgan fingerprint density at radius 3 is 2.58 bits per heavy atom. The Bertz CT molecular complexity index is 253. The van der Waals surface area contributed by atoms with Gasteiger partial charge in [-0.2, -0.15) is 5.10 Å². The molecule has 0 atom stereocenters. The third-order valence-electron chi connectivity index (χ3n) is 1.57. The van der Waals surface area contributed by atoms with Crippen molar-refractivity contribution in [3.63, 3.8) is 0 Å². The zero-order valence-electron chi connectivity index (χ0n) is 6.82. The van der Waals surface area contributed by atoms with Gasteiger partial charge in [-0.05, 0) is 6.92 Å². The maximum atomic E-state index is 10.3. The Kier molecular flexibility index (Phi) is 2.63. The molecule has 0 aromatic rings. The lowest BCUT2D eigenvalue weighted by Crippen LogP contribution is -2.26. The summed E-state index contributed by atoms with van der Waals surface area (Å²) in [4.78, 5) is 10.3. The van der Waals surface area contributed by atoms with Gasteiger partial charge in [0.15, 0.2) is 0 Å². The average Bonchev–Trinajstić information content (AvgIpc) is 2.51. The summed E-state index contributed by atoms with van der Waals surface area (Å²) < 4.78 is 0. The van der Waals surface area contributed by atoms with E-state index in [1.165, 1.54) is 0 Å². The number of nitrogens with zero attached hydrogens (tertiary/aromatic N) is 1. The van der Waals surface area contributed by atoms with E-state index in [1.54, 1.807) is 0 Å². The van der Waals surface area contributed by atoms with Crippen LogP contribution < -0.4 is 11.2 Å². The van der Waals surface area contributed by atoms with E-state index in [4.69, 9.17) is 5.73 Å². The molecule has 0 saturated carbocycles. The third kappa shape index (κ3) is 2.23. The molecule has 0 radical (unpaired) electrons. The van der Waals surface area contributed by atoms with E-state index in [2.05, 4.69) is 10.5 Å². The van der Waals surface area contributed by atoms with E-state index >= 15 is 0 Å². The summed E-state index contributed by atoms with van der Waals surface area (Å²) in [5, 5.41) is 3.80. The Balaban J connectivity index is 2.51. The Hall–Kier alpha value is -1.58. The Morgan fingerprint density at radius 1 is 1.50 bits per heavy atom. The first kappa shape index (κ1) is 8.52. The monoisotopic (exact) mass is 165 g/mol. The highest BCUT2D eigenvalue weighted by Gasteiger charge is 2.06. The summed E-state index contributed by atoms with van der Waals surface area (Å²) in [6.07, 6.45) is 7.85. The van der Waals surface area contributed by atoms with Crippen LogP contribution in [0.25, 0.3) is 0 Å². The zero-order valence-corrected chi connectivity index (χ0v) is 6.82. The normalized spacial score (nSPS) is 16.9. The van der Waals surface area contributed by atoms with E-state index in [1.807, 2.05) is 31.2 Å². The van der Waals surface area contributed by atoms with E-state index in [0.717, 1.165) is 5.71 Å². The number of nitrogens with one attached hydrogen (secondary N) is 1. The number of hydrazone groups is 1. The van der Waals surface area contributed by atoms with Gasteiger partial charge in [0.05, 0.1) is 0 Å². The molecule has 0 bridgehead atoms. The standard InChI is InChI=1S/C8H11N3O/c1-6(10-11-8(9)12)7-4-2-3-5-7/h2-5,7H,1H3,(H3,9,11,12)/b10-6+. The summed E-state index contributed by atoms with van der Waals surface area (Å²) in [6, 6.07) is -0.639. The SMILES string of the molecule is C/C(=N\NC(N)=O)C1C=CC=C1. The smallest absolute Gasteiger partial charge is 0.332 e. The highest BCUT2D eigenvalue weighted by Crippen LogP contribution is 2.09. The molecule has 0 saturated heterocycles. The second kappa shape index (κ2) is 3.71. The van der Waals surface area contributed by atoms with Gasteiger partial charge in [-0.15, -0.1) is 0 Å². The van der Waals surface area contributed by atoms with Crippen LogP contribution in [-0.2, 0) is 0 Å². The molecule has 0 heterocycles. The largest absolute Gasteiger partial charge is 0.350 e. The lowest BCUT2D eigenvalue weighted by atomic mass is 10.1. The van der Waals surface area contributed by atoms with Crippen LogP contribution in [-0.4, -0.2) is 11.7 Å². The second-order valence-corrected chi connectivity index (χ2v) is 2.52. The number of hydrogen-bond donors (Lipinski definition) is 2. The van der Waals surface area contributed by atoms with Crippen molar-refractivity contribution in [1.29, 1.82) is 0 Å². The minimum absolute atomic E-state index is 0.192. The van der Waals surface area contributed by atoms with Crippen LogP contribution in [0.4, 0.5) is 4.79 Å². The molecule has 1 aliphatic carbocycles. The fourth-order valence-electron chi connectivity index (χ4n) is 0.928. The maximum absolute atomic E-state index is 10.3. The second-order valence-electron chi connectivity index (χ2n) is 2.52. The number of amides is 2. The molecular weight excluding hydrogens is 154 g/mol. The minimum Gasteiger partial charge on any atom is -0.350 e. The number of rotatable bonds is 2. The lowest BCUT2D eigenvalue weighted by molar-refractivity contribution is 0.249.